The van der Waals surface area contributed by atoms with E-state index in [1.165, 1.54) is 12.1 Å². The number of rotatable bonds is 5. The van der Waals surface area contributed by atoms with Gasteiger partial charge in [0, 0.05) is 24.8 Å². The molecule has 7 nitrogen and oxygen atoms in total. The number of carbonyl (C=O) groups is 1. The second kappa shape index (κ2) is 7.12. The molecule has 8 heteroatoms. The Morgan fingerprint density at radius 3 is 2.62 bits per heavy atom. The third kappa shape index (κ3) is 6.31. The molecule has 0 aromatic heterocycles. The highest BCUT2D eigenvalue weighted by Gasteiger charge is 2.15. The lowest BCUT2D eigenvalue weighted by Gasteiger charge is -2.19. The topological polar surface area (TPSA) is 93.5 Å². The van der Waals surface area contributed by atoms with Crippen LogP contribution in [0.15, 0.2) is 18.2 Å². The van der Waals surface area contributed by atoms with Gasteiger partial charge in [0.2, 0.25) is 0 Å². The smallest absolute Gasteiger partial charge is 0.407 e. The second-order valence-corrected chi connectivity index (χ2v) is 5.69. The fourth-order valence-electron chi connectivity index (χ4n) is 1.45. The number of anilines is 1. The number of alkyl carbamates (subject to hydrolysis) is 1. The van der Waals surface area contributed by atoms with Crippen molar-refractivity contribution in [1.29, 1.82) is 0 Å². The van der Waals surface area contributed by atoms with Crippen molar-refractivity contribution in [3.8, 4) is 0 Å². The summed E-state index contributed by atoms with van der Waals surface area (Å²) in [5.74, 6) is 0. The number of nitro benzene ring substituents is 1. The number of nitrogens with one attached hydrogen (secondary N) is 2. The molecule has 116 valence electrons. The zero-order valence-corrected chi connectivity index (χ0v) is 12.9. The van der Waals surface area contributed by atoms with Crippen LogP contribution in [-0.2, 0) is 4.74 Å². The number of nitrogens with zero attached hydrogens (tertiary/aromatic N) is 1. The predicted molar refractivity (Wildman–Crippen MR) is 80.8 cm³/mol. The summed E-state index contributed by atoms with van der Waals surface area (Å²) in [5.41, 5.74) is -0.159. The maximum absolute atomic E-state index is 11.4. The lowest BCUT2D eigenvalue weighted by atomic mass is 10.2. The van der Waals surface area contributed by atoms with Gasteiger partial charge in [-0.15, -0.1) is 0 Å². The SMILES string of the molecule is CC(C)(C)OC(=O)NCCNc1ccc(Cl)c([N+](=O)[O-])c1. The fourth-order valence-corrected chi connectivity index (χ4v) is 1.63. The van der Waals surface area contributed by atoms with Crippen LogP contribution in [0.2, 0.25) is 5.02 Å². The molecule has 0 aliphatic rings. The van der Waals surface area contributed by atoms with Crippen molar-refractivity contribution in [2.75, 3.05) is 18.4 Å². The molecule has 1 amide bonds. The maximum atomic E-state index is 11.4. The van der Waals surface area contributed by atoms with Crippen LogP contribution < -0.4 is 10.6 Å². The number of halogens is 1. The standard InChI is InChI=1S/C13H18ClN3O4/c1-13(2,3)21-12(18)16-7-6-15-9-4-5-10(14)11(8-9)17(19)20/h4-5,8,15H,6-7H2,1-3H3,(H,16,18). The van der Waals surface area contributed by atoms with Gasteiger partial charge in [0.05, 0.1) is 4.92 Å². The first-order chi connectivity index (χ1) is 9.69. The van der Waals surface area contributed by atoms with Crippen molar-refractivity contribution < 1.29 is 14.5 Å². The van der Waals surface area contributed by atoms with E-state index >= 15 is 0 Å². The minimum atomic E-state index is -0.549. The quantitative estimate of drug-likeness (QED) is 0.494. The molecule has 0 aliphatic heterocycles. The Morgan fingerprint density at radius 1 is 1.38 bits per heavy atom. The van der Waals surface area contributed by atoms with Crippen molar-refractivity contribution in [1.82, 2.24) is 5.32 Å². The Bertz CT molecular complexity index is 529. The molecule has 0 fully saturated rings. The van der Waals surface area contributed by atoms with E-state index in [1.54, 1.807) is 26.8 Å². The Balaban J connectivity index is 2.41. The number of nitro groups is 1. The van der Waals surface area contributed by atoms with Crippen molar-refractivity contribution in [3.05, 3.63) is 33.3 Å². The molecular weight excluding hydrogens is 298 g/mol. The first-order valence-electron chi connectivity index (χ1n) is 6.34. The van der Waals surface area contributed by atoms with Crippen LogP contribution in [0.1, 0.15) is 20.8 Å². The van der Waals surface area contributed by atoms with Crippen LogP contribution in [0.5, 0.6) is 0 Å². The Hall–Kier alpha value is -2.02. The number of benzene rings is 1. The van der Waals surface area contributed by atoms with Gasteiger partial charge >= 0.3 is 6.09 Å². The normalized spacial score (nSPS) is 10.9. The van der Waals surface area contributed by atoms with Gasteiger partial charge in [-0.05, 0) is 32.9 Å². The van der Waals surface area contributed by atoms with E-state index < -0.39 is 16.6 Å². The molecule has 0 bridgehead atoms. The summed E-state index contributed by atoms with van der Waals surface area (Å²) in [4.78, 5) is 21.6. The van der Waals surface area contributed by atoms with Crippen molar-refractivity contribution >= 4 is 29.1 Å². The molecule has 0 spiro atoms. The molecule has 0 radical (unpaired) electrons. The minimum absolute atomic E-state index is 0.0810. The van der Waals surface area contributed by atoms with Crippen LogP contribution in [0.25, 0.3) is 0 Å². The van der Waals surface area contributed by atoms with Gasteiger partial charge in [-0.2, -0.15) is 0 Å². The first-order valence-corrected chi connectivity index (χ1v) is 6.71. The minimum Gasteiger partial charge on any atom is -0.444 e. The maximum Gasteiger partial charge on any atom is 0.407 e. The number of hydrogen-bond donors (Lipinski definition) is 2. The number of carbonyl (C=O) groups excluding carboxylic acids is 1. The van der Waals surface area contributed by atoms with E-state index in [0.717, 1.165) is 0 Å². The monoisotopic (exact) mass is 315 g/mol. The molecule has 0 atom stereocenters. The molecule has 0 unspecified atom stereocenters. The number of ether oxygens (including phenoxy) is 1. The molecule has 0 saturated carbocycles. The van der Waals surface area contributed by atoms with E-state index in [9.17, 15) is 14.9 Å². The van der Waals surface area contributed by atoms with E-state index in [-0.39, 0.29) is 10.7 Å². The average molecular weight is 316 g/mol. The predicted octanol–water partition coefficient (Wildman–Crippen LogP) is 3.18. The lowest BCUT2D eigenvalue weighted by molar-refractivity contribution is -0.384. The summed E-state index contributed by atoms with van der Waals surface area (Å²) < 4.78 is 5.07. The highest BCUT2D eigenvalue weighted by atomic mass is 35.5. The van der Waals surface area contributed by atoms with E-state index in [4.69, 9.17) is 16.3 Å². The molecule has 1 aromatic rings. The van der Waals surface area contributed by atoms with Crippen LogP contribution in [0.4, 0.5) is 16.2 Å². The third-order valence-electron chi connectivity index (χ3n) is 2.27. The summed E-state index contributed by atoms with van der Waals surface area (Å²) in [5, 5.41) is 16.4. The van der Waals surface area contributed by atoms with Gasteiger partial charge in [0.25, 0.3) is 5.69 Å². The van der Waals surface area contributed by atoms with Crippen LogP contribution in [-0.4, -0.2) is 29.7 Å². The van der Waals surface area contributed by atoms with Gasteiger partial charge < -0.3 is 15.4 Å². The van der Waals surface area contributed by atoms with Gasteiger partial charge in [-0.1, -0.05) is 11.6 Å². The molecule has 0 heterocycles. The zero-order valence-electron chi connectivity index (χ0n) is 12.1. The fraction of sp³-hybridized carbons (Fsp3) is 0.462. The molecular formula is C13H18ClN3O4. The average Bonchev–Trinajstić information content (AvgIpc) is 2.34. The summed E-state index contributed by atoms with van der Waals surface area (Å²) in [7, 11) is 0. The lowest BCUT2D eigenvalue weighted by Crippen LogP contribution is -2.34. The van der Waals surface area contributed by atoms with Gasteiger partial charge in [-0.3, -0.25) is 10.1 Å². The number of hydrogen-bond acceptors (Lipinski definition) is 5. The zero-order chi connectivity index (χ0) is 16.0. The molecule has 0 aliphatic carbocycles. The molecule has 21 heavy (non-hydrogen) atoms. The largest absolute Gasteiger partial charge is 0.444 e. The first kappa shape index (κ1) is 17.0. The van der Waals surface area contributed by atoms with E-state index in [2.05, 4.69) is 10.6 Å². The van der Waals surface area contributed by atoms with Gasteiger partial charge in [-0.25, -0.2) is 4.79 Å². The Morgan fingerprint density at radius 2 is 2.05 bits per heavy atom. The summed E-state index contributed by atoms with van der Waals surface area (Å²) >= 11 is 5.71. The van der Waals surface area contributed by atoms with Crippen LogP contribution in [0, 0.1) is 10.1 Å². The van der Waals surface area contributed by atoms with E-state index in [0.29, 0.717) is 18.8 Å². The number of amides is 1. The summed E-state index contributed by atoms with van der Waals surface area (Å²) in [6, 6.07) is 4.42. The van der Waals surface area contributed by atoms with Gasteiger partial charge in [0.15, 0.2) is 0 Å². The Labute approximate surface area is 127 Å². The Kier molecular flexibility index (Phi) is 5.78. The summed E-state index contributed by atoms with van der Waals surface area (Å²) in [6.07, 6.45) is -0.508. The summed E-state index contributed by atoms with van der Waals surface area (Å²) in [6.45, 7) is 6.05. The van der Waals surface area contributed by atoms with Crippen molar-refractivity contribution in [2.24, 2.45) is 0 Å². The molecule has 1 rings (SSSR count). The molecule has 2 N–H and O–H groups in total. The van der Waals surface area contributed by atoms with Crippen LogP contribution >= 0.6 is 11.6 Å². The molecule has 0 saturated heterocycles. The molecule has 1 aromatic carbocycles. The van der Waals surface area contributed by atoms with E-state index in [1.807, 2.05) is 0 Å². The van der Waals surface area contributed by atoms with Crippen molar-refractivity contribution in [3.63, 3.8) is 0 Å². The van der Waals surface area contributed by atoms with Gasteiger partial charge in [0.1, 0.15) is 10.6 Å². The highest BCUT2D eigenvalue weighted by molar-refractivity contribution is 6.32. The van der Waals surface area contributed by atoms with Crippen LogP contribution in [0.3, 0.4) is 0 Å². The second-order valence-electron chi connectivity index (χ2n) is 5.28. The highest BCUT2D eigenvalue weighted by Crippen LogP contribution is 2.27. The van der Waals surface area contributed by atoms with Crippen molar-refractivity contribution in [2.45, 2.75) is 26.4 Å². The third-order valence-corrected chi connectivity index (χ3v) is 2.58.